The molecule has 0 unspecified atom stereocenters. The molecule has 0 atom stereocenters. The van der Waals surface area contributed by atoms with Gasteiger partial charge < -0.3 is 15.6 Å². The Balaban J connectivity index is 1.31. The number of carbonyl (C=O) groups excluding carboxylic acids is 1. The second-order valence-electron chi connectivity index (χ2n) is 8.16. The lowest BCUT2D eigenvalue weighted by Gasteiger charge is -2.29. The molecule has 1 fully saturated rings. The number of benzene rings is 2. The summed E-state index contributed by atoms with van der Waals surface area (Å²) in [6.45, 7) is 0.657. The molecule has 9 heteroatoms. The number of anilines is 1. The van der Waals surface area contributed by atoms with Gasteiger partial charge in [0.25, 0.3) is 5.91 Å². The number of carbonyl (C=O) groups is 1. The molecule has 4 nitrogen and oxygen atoms in total. The molecular weight excluding hydrogens is 462 g/mol. The lowest BCUT2D eigenvalue weighted by molar-refractivity contribution is -0.137. The first-order valence-electron chi connectivity index (χ1n) is 10.4. The Morgan fingerprint density at radius 1 is 1.06 bits per heavy atom. The highest BCUT2D eigenvalue weighted by Crippen LogP contribution is 2.34. The molecule has 170 valence electrons. The smallest absolute Gasteiger partial charge is 0.383 e. The highest BCUT2D eigenvalue weighted by atomic mass is 35.5. The van der Waals surface area contributed by atoms with Crippen LogP contribution in [-0.4, -0.2) is 23.5 Å². The number of alkyl halides is 3. The molecule has 4 rings (SSSR count). The fourth-order valence-corrected chi connectivity index (χ4v) is 4.52. The number of aromatic amines is 1. The molecule has 0 bridgehead atoms. The summed E-state index contributed by atoms with van der Waals surface area (Å²) in [5.41, 5.74) is 1.02. The number of fused-ring (bicyclic) bond motifs is 1. The average molecular weight is 484 g/mol. The second kappa shape index (κ2) is 9.24. The van der Waals surface area contributed by atoms with Gasteiger partial charge in [-0.1, -0.05) is 23.2 Å². The molecule has 1 aliphatic rings. The SMILES string of the molecule is O=C(N[C@H]1CC[C@H](CNc2c[nH]c3ccc(C(F)(F)F)cc23)CC1)c1cc(Cl)ccc1Cl. The van der Waals surface area contributed by atoms with E-state index < -0.39 is 11.7 Å². The molecule has 0 spiro atoms. The van der Waals surface area contributed by atoms with Crippen LogP contribution < -0.4 is 10.6 Å². The van der Waals surface area contributed by atoms with Gasteiger partial charge in [-0.2, -0.15) is 13.2 Å². The fourth-order valence-electron chi connectivity index (χ4n) is 4.14. The van der Waals surface area contributed by atoms with E-state index >= 15 is 0 Å². The standard InChI is InChI=1S/C23H22Cl2F3N3O/c24-15-4-7-19(25)17(10-15)22(32)31-16-5-1-13(2-6-16)11-29-21-12-30-20-8-3-14(9-18(20)21)23(26,27)28/h3-4,7-10,12-13,16,29-30H,1-2,5-6,11H2,(H,31,32)/t13-,16-. The highest BCUT2D eigenvalue weighted by Gasteiger charge is 2.31. The second-order valence-corrected chi connectivity index (χ2v) is 9.00. The summed E-state index contributed by atoms with van der Waals surface area (Å²) in [6.07, 6.45) is 0.770. The van der Waals surface area contributed by atoms with Crippen molar-refractivity contribution in [1.29, 1.82) is 0 Å². The molecule has 1 aromatic heterocycles. The van der Waals surface area contributed by atoms with E-state index in [-0.39, 0.29) is 11.9 Å². The Morgan fingerprint density at radius 3 is 2.53 bits per heavy atom. The summed E-state index contributed by atoms with van der Waals surface area (Å²) in [5, 5.41) is 7.66. The third kappa shape index (κ3) is 5.15. The molecule has 1 amide bonds. The van der Waals surface area contributed by atoms with Crippen molar-refractivity contribution in [2.24, 2.45) is 5.92 Å². The van der Waals surface area contributed by atoms with Crippen LogP contribution in [0.3, 0.4) is 0 Å². The van der Waals surface area contributed by atoms with E-state index in [0.29, 0.717) is 44.7 Å². The van der Waals surface area contributed by atoms with Crippen LogP contribution in [0.4, 0.5) is 18.9 Å². The van der Waals surface area contributed by atoms with E-state index in [1.54, 1.807) is 24.4 Å². The van der Waals surface area contributed by atoms with Gasteiger partial charge in [-0.3, -0.25) is 4.79 Å². The van der Waals surface area contributed by atoms with Gasteiger partial charge in [-0.25, -0.2) is 0 Å². The van der Waals surface area contributed by atoms with Gasteiger partial charge in [-0.15, -0.1) is 0 Å². The van der Waals surface area contributed by atoms with Gasteiger partial charge in [0.15, 0.2) is 0 Å². The maximum atomic E-state index is 13.0. The molecular formula is C23H22Cl2F3N3O. The molecule has 1 heterocycles. The molecule has 0 radical (unpaired) electrons. The van der Waals surface area contributed by atoms with Crippen LogP contribution in [0.15, 0.2) is 42.6 Å². The molecule has 0 aliphatic heterocycles. The maximum Gasteiger partial charge on any atom is 0.416 e. The van der Waals surface area contributed by atoms with Gasteiger partial charge in [0.1, 0.15) is 0 Å². The van der Waals surface area contributed by atoms with Crippen LogP contribution in [-0.2, 0) is 6.18 Å². The van der Waals surface area contributed by atoms with Crippen molar-refractivity contribution in [2.75, 3.05) is 11.9 Å². The number of aromatic nitrogens is 1. The molecule has 1 saturated carbocycles. The Morgan fingerprint density at radius 2 is 1.81 bits per heavy atom. The molecule has 3 N–H and O–H groups in total. The maximum absolute atomic E-state index is 13.0. The Kier molecular flexibility index (Phi) is 6.58. The predicted octanol–water partition coefficient (Wildman–Crippen LogP) is 6.89. The summed E-state index contributed by atoms with van der Waals surface area (Å²) in [6, 6.07) is 8.54. The van der Waals surface area contributed by atoms with Crippen molar-refractivity contribution in [3.05, 3.63) is 63.8 Å². The highest BCUT2D eigenvalue weighted by molar-refractivity contribution is 6.35. The van der Waals surface area contributed by atoms with Gasteiger partial charge in [0, 0.05) is 34.7 Å². The third-order valence-corrected chi connectivity index (χ3v) is 6.51. The van der Waals surface area contributed by atoms with Crippen molar-refractivity contribution in [3.8, 4) is 0 Å². The third-order valence-electron chi connectivity index (χ3n) is 5.95. The Labute approximate surface area is 193 Å². The van der Waals surface area contributed by atoms with E-state index in [2.05, 4.69) is 15.6 Å². The monoisotopic (exact) mass is 483 g/mol. The average Bonchev–Trinajstić information content (AvgIpc) is 3.16. The van der Waals surface area contributed by atoms with Crippen LogP contribution in [0.1, 0.15) is 41.6 Å². The summed E-state index contributed by atoms with van der Waals surface area (Å²) in [4.78, 5) is 15.5. The van der Waals surface area contributed by atoms with Crippen LogP contribution in [0.25, 0.3) is 10.9 Å². The van der Waals surface area contributed by atoms with Gasteiger partial charge in [0.2, 0.25) is 0 Å². The van der Waals surface area contributed by atoms with Crippen molar-refractivity contribution in [3.63, 3.8) is 0 Å². The minimum absolute atomic E-state index is 0.0521. The topological polar surface area (TPSA) is 56.9 Å². The van der Waals surface area contributed by atoms with E-state index in [0.717, 1.165) is 31.7 Å². The molecule has 1 aliphatic carbocycles. The molecule has 32 heavy (non-hydrogen) atoms. The first-order chi connectivity index (χ1) is 15.2. The zero-order chi connectivity index (χ0) is 22.9. The molecule has 3 aromatic rings. The van der Waals surface area contributed by atoms with Gasteiger partial charge in [-0.05, 0) is 68.0 Å². The summed E-state index contributed by atoms with van der Waals surface area (Å²) in [5.74, 6) is 0.131. The lowest BCUT2D eigenvalue weighted by atomic mass is 9.86. The minimum atomic E-state index is -4.37. The van der Waals surface area contributed by atoms with Crippen molar-refractivity contribution in [2.45, 2.75) is 37.9 Å². The predicted molar refractivity (Wildman–Crippen MR) is 121 cm³/mol. The van der Waals surface area contributed by atoms with Crippen LogP contribution >= 0.6 is 23.2 Å². The lowest BCUT2D eigenvalue weighted by Crippen LogP contribution is -2.38. The number of H-pyrrole nitrogens is 1. The zero-order valence-corrected chi connectivity index (χ0v) is 18.5. The minimum Gasteiger partial charge on any atom is -0.383 e. The largest absolute Gasteiger partial charge is 0.416 e. The van der Waals surface area contributed by atoms with Crippen LogP contribution in [0, 0.1) is 5.92 Å². The summed E-state index contributed by atoms with van der Waals surface area (Å²) in [7, 11) is 0. The normalized spacial score (nSPS) is 19.2. The molecule has 2 aromatic carbocycles. The summed E-state index contributed by atoms with van der Waals surface area (Å²) < 4.78 is 39.1. The first-order valence-corrected chi connectivity index (χ1v) is 11.1. The van der Waals surface area contributed by atoms with Crippen molar-refractivity contribution in [1.82, 2.24) is 10.3 Å². The number of nitrogens with one attached hydrogen (secondary N) is 3. The zero-order valence-electron chi connectivity index (χ0n) is 17.0. The number of hydrogen-bond donors (Lipinski definition) is 3. The Hall–Kier alpha value is -2.38. The quantitative estimate of drug-likeness (QED) is 0.369. The number of hydrogen-bond acceptors (Lipinski definition) is 2. The van der Waals surface area contributed by atoms with E-state index in [4.69, 9.17) is 23.2 Å². The van der Waals surface area contributed by atoms with E-state index in [9.17, 15) is 18.0 Å². The van der Waals surface area contributed by atoms with Gasteiger partial charge >= 0.3 is 6.18 Å². The van der Waals surface area contributed by atoms with E-state index in [1.165, 1.54) is 12.1 Å². The first kappa shape index (κ1) is 22.8. The number of rotatable bonds is 5. The van der Waals surface area contributed by atoms with Crippen molar-refractivity contribution >= 4 is 45.7 Å². The summed E-state index contributed by atoms with van der Waals surface area (Å²) >= 11 is 12.1. The van der Waals surface area contributed by atoms with Crippen LogP contribution in [0.5, 0.6) is 0 Å². The molecule has 0 saturated heterocycles. The van der Waals surface area contributed by atoms with Crippen LogP contribution in [0.2, 0.25) is 10.0 Å². The Bertz CT molecular complexity index is 1120. The van der Waals surface area contributed by atoms with Crippen molar-refractivity contribution < 1.29 is 18.0 Å². The number of halogens is 5. The fraction of sp³-hybridized carbons (Fsp3) is 0.348. The number of amides is 1. The van der Waals surface area contributed by atoms with E-state index in [1.807, 2.05) is 0 Å². The van der Waals surface area contributed by atoms with Gasteiger partial charge in [0.05, 0.1) is 21.8 Å².